The zero-order chi connectivity index (χ0) is 19.7. The van der Waals surface area contributed by atoms with Crippen LogP contribution in [0.3, 0.4) is 0 Å². The molecule has 1 fully saturated rings. The molecule has 2 atom stereocenters. The summed E-state index contributed by atoms with van der Waals surface area (Å²) in [6.07, 6.45) is 0. The van der Waals surface area contributed by atoms with Crippen LogP contribution in [0, 0.1) is 0 Å². The highest BCUT2D eigenvalue weighted by Crippen LogP contribution is 2.31. The normalized spacial score (nSPS) is 20.5. The summed E-state index contributed by atoms with van der Waals surface area (Å²) in [7, 11) is 1.56. The van der Waals surface area contributed by atoms with Crippen molar-refractivity contribution < 1.29 is 19.1 Å². The van der Waals surface area contributed by atoms with Crippen molar-refractivity contribution >= 4 is 29.1 Å². The Balaban J connectivity index is 1.45. The van der Waals surface area contributed by atoms with Gasteiger partial charge in [-0.1, -0.05) is 23.4 Å². The quantitative estimate of drug-likeness (QED) is 0.795. The highest BCUT2D eigenvalue weighted by molar-refractivity contribution is 6.25. The number of benzene rings is 2. The van der Waals surface area contributed by atoms with Crippen LogP contribution in [-0.4, -0.2) is 48.5 Å². The lowest BCUT2D eigenvalue weighted by Gasteiger charge is -2.20. The van der Waals surface area contributed by atoms with Gasteiger partial charge in [-0.15, -0.1) is 0 Å². The van der Waals surface area contributed by atoms with E-state index in [9.17, 15) is 14.4 Å². The minimum atomic E-state index is -0.929. The zero-order valence-electron chi connectivity index (χ0n) is 15.0. The average molecular weight is 379 g/mol. The molecule has 2 aliphatic rings. The summed E-state index contributed by atoms with van der Waals surface area (Å²) < 4.78 is 5.08. The Morgan fingerprint density at radius 2 is 1.79 bits per heavy atom. The van der Waals surface area contributed by atoms with E-state index in [4.69, 9.17) is 4.74 Å². The number of rotatable bonds is 5. The van der Waals surface area contributed by atoms with Crippen LogP contribution >= 0.6 is 0 Å². The van der Waals surface area contributed by atoms with Gasteiger partial charge >= 0.3 is 0 Å². The van der Waals surface area contributed by atoms with Crippen LogP contribution in [0.25, 0.3) is 0 Å². The lowest BCUT2D eigenvalue weighted by Crippen LogP contribution is -2.43. The maximum Gasteiger partial charge on any atom is 0.263 e. The zero-order valence-corrected chi connectivity index (χ0v) is 15.0. The van der Waals surface area contributed by atoms with Crippen LogP contribution in [0.5, 0.6) is 5.75 Å². The van der Waals surface area contributed by atoms with E-state index in [0.29, 0.717) is 17.1 Å². The number of methoxy groups -OCH3 is 1. The first-order chi connectivity index (χ1) is 13.6. The fraction of sp³-hybridized carbons (Fsp3) is 0.211. The Labute approximate surface area is 160 Å². The van der Waals surface area contributed by atoms with Gasteiger partial charge in [-0.3, -0.25) is 19.4 Å². The van der Waals surface area contributed by atoms with Crippen LogP contribution in [0.1, 0.15) is 0 Å². The van der Waals surface area contributed by atoms with E-state index in [2.05, 4.69) is 15.7 Å². The van der Waals surface area contributed by atoms with Gasteiger partial charge in [0, 0.05) is 5.69 Å². The van der Waals surface area contributed by atoms with Crippen molar-refractivity contribution in [2.75, 3.05) is 23.9 Å². The van der Waals surface area contributed by atoms with Crippen LogP contribution in [0.4, 0.5) is 11.4 Å². The Morgan fingerprint density at radius 3 is 2.46 bits per heavy atom. The van der Waals surface area contributed by atoms with Gasteiger partial charge in [0.05, 0.1) is 12.8 Å². The van der Waals surface area contributed by atoms with Crippen molar-refractivity contribution in [2.24, 2.45) is 10.3 Å². The number of hydrogen-bond donors (Lipinski definition) is 1. The van der Waals surface area contributed by atoms with E-state index in [0.717, 1.165) is 4.90 Å². The maximum atomic E-state index is 12.8. The number of ether oxygens (including phenoxy) is 1. The fourth-order valence-corrected chi connectivity index (χ4v) is 3.21. The van der Waals surface area contributed by atoms with Crippen LogP contribution in [0.15, 0.2) is 64.9 Å². The lowest BCUT2D eigenvalue weighted by molar-refractivity contribution is -0.123. The predicted molar refractivity (Wildman–Crippen MR) is 99.7 cm³/mol. The van der Waals surface area contributed by atoms with Gasteiger partial charge in [0.15, 0.2) is 12.1 Å². The third-order valence-corrected chi connectivity index (χ3v) is 4.55. The SMILES string of the molecule is COc1ccc(NC(=O)CN2N=N[C@H]3C(=O)N(c4ccccc4)C(=O)[C@H]32)cc1. The molecule has 0 saturated carbocycles. The smallest absolute Gasteiger partial charge is 0.263 e. The Hall–Kier alpha value is -3.75. The van der Waals surface area contributed by atoms with E-state index in [1.807, 2.05) is 0 Å². The summed E-state index contributed by atoms with van der Waals surface area (Å²) in [4.78, 5) is 38.9. The van der Waals surface area contributed by atoms with Crippen molar-refractivity contribution in [1.82, 2.24) is 5.01 Å². The molecule has 0 unspecified atom stereocenters. The molecule has 9 heteroatoms. The topological polar surface area (TPSA) is 104 Å². The van der Waals surface area contributed by atoms with E-state index >= 15 is 0 Å². The van der Waals surface area contributed by atoms with Crippen LogP contribution in [-0.2, 0) is 14.4 Å². The van der Waals surface area contributed by atoms with Gasteiger partial charge in [0.2, 0.25) is 5.91 Å². The van der Waals surface area contributed by atoms with Gasteiger partial charge in [0.25, 0.3) is 11.8 Å². The molecule has 0 aromatic heterocycles. The number of nitrogens with one attached hydrogen (secondary N) is 1. The average Bonchev–Trinajstić information content (AvgIpc) is 3.23. The molecule has 3 amide bonds. The third-order valence-electron chi connectivity index (χ3n) is 4.55. The second-order valence-corrected chi connectivity index (χ2v) is 6.32. The Kier molecular flexibility index (Phi) is 4.48. The van der Waals surface area contributed by atoms with Gasteiger partial charge in [0.1, 0.15) is 12.3 Å². The van der Waals surface area contributed by atoms with Crippen LogP contribution in [0.2, 0.25) is 0 Å². The molecule has 1 saturated heterocycles. The van der Waals surface area contributed by atoms with Gasteiger partial charge < -0.3 is 10.1 Å². The van der Waals surface area contributed by atoms with Gasteiger partial charge in [-0.25, -0.2) is 4.90 Å². The molecular formula is C19H17N5O4. The largest absolute Gasteiger partial charge is 0.497 e. The van der Waals surface area contributed by atoms with Gasteiger partial charge in [-0.05, 0) is 36.4 Å². The third kappa shape index (κ3) is 3.07. The number of amides is 3. The number of anilines is 2. The molecule has 2 aromatic rings. The van der Waals surface area contributed by atoms with Gasteiger partial charge in [-0.2, -0.15) is 5.11 Å². The monoisotopic (exact) mass is 379 g/mol. The predicted octanol–water partition coefficient (Wildman–Crippen LogP) is 1.63. The van der Waals surface area contributed by atoms with E-state index in [1.54, 1.807) is 61.7 Å². The second-order valence-electron chi connectivity index (χ2n) is 6.32. The summed E-state index contributed by atoms with van der Waals surface area (Å²) in [6, 6.07) is 13.6. The van der Waals surface area contributed by atoms with Crippen molar-refractivity contribution in [3.8, 4) is 5.75 Å². The molecule has 0 bridgehead atoms. The fourth-order valence-electron chi connectivity index (χ4n) is 3.21. The number of fused-ring (bicyclic) bond motifs is 1. The van der Waals surface area contributed by atoms with E-state index < -0.39 is 23.9 Å². The first kappa shape index (κ1) is 17.7. The molecule has 0 aliphatic carbocycles. The molecule has 9 nitrogen and oxygen atoms in total. The molecule has 28 heavy (non-hydrogen) atoms. The lowest BCUT2D eigenvalue weighted by atomic mass is 10.1. The molecule has 2 aliphatic heterocycles. The van der Waals surface area contributed by atoms with E-state index in [-0.39, 0.29) is 12.5 Å². The molecule has 0 radical (unpaired) electrons. The van der Waals surface area contributed by atoms with Crippen LogP contribution < -0.4 is 15.0 Å². The highest BCUT2D eigenvalue weighted by Gasteiger charge is 2.55. The van der Waals surface area contributed by atoms with Crippen molar-refractivity contribution in [3.05, 3.63) is 54.6 Å². The molecule has 1 N–H and O–H groups in total. The number of carbonyl (C=O) groups is 3. The molecule has 2 heterocycles. The number of para-hydroxylation sites is 1. The molecule has 142 valence electrons. The molecular weight excluding hydrogens is 362 g/mol. The highest BCUT2D eigenvalue weighted by atomic mass is 16.5. The summed E-state index contributed by atoms with van der Waals surface area (Å²) in [5.74, 6) is -0.583. The maximum absolute atomic E-state index is 12.8. The molecule has 2 aromatic carbocycles. The Morgan fingerprint density at radius 1 is 1.07 bits per heavy atom. The van der Waals surface area contributed by atoms with Crippen molar-refractivity contribution in [1.29, 1.82) is 0 Å². The van der Waals surface area contributed by atoms with Crippen molar-refractivity contribution in [3.63, 3.8) is 0 Å². The summed E-state index contributed by atoms with van der Waals surface area (Å²) in [6.45, 7) is -0.196. The molecule has 0 spiro atoms. The first-order valence-corrected chi connectivity index (χ1v) is 8.62. The molecule has 4 rings (SSSR count). The Bertz CT molecular complexity index is 945. The van der Waals surface area contributed by atoms with Crippen molar-refractivity contribution in [2.45, 2.75) is 12.1 Å². The summed E-state index contributed by atoms with van der Waals surface area (Å²) in [5.41, 5.74) is 1.06. The van der Waals surface area contributed by atoms with E-state index in [1.165, 1.54) is 5.01 Å². The number of nitrogens with zero attached hydrogens (tertiary/aromatic N) is 4. The standard InChI is InChI=1S/C19H17N5O4/c1-28-14-9-7-12(8-10-14)20-15(25)11-23-17-16(21-22-23)18(26)24(19(17)27)13-5-3-2-4-6-13/h2-10,16-17H,11H2,1H3,(H,20,25)/t16-,17+/m1/s1. The summed E-state index contributed by atoms with van der Waals surface area (Å²) >= 11 is 0. The number of imide groups is 1. The first-order valence-electron chi connectivity index (χ1n) is 8.62. The number of hydrogen-bond acceptors (Lipinski definition) is 7. The minimum Gasteiger partial charge on any atom is -0.497 e. The second kappa shape index (κ2) is 7.10. The number of carbonyl (C=O) groups excluding carboxylic acids is 3. The summed E-state index contributed by atoms with van der Waals surface area (Å²) in [5, 5.41) is 11.8. The minimum absolute atomic E-state index is 0.196.